The molecule has 2 aliphatic rings. The predicted molar refractivity (Wildman–Crippen MR) is 57.8 cm³/mol. The van der Waals surface area contributed by atoms with Crippen molar-refractivity contribution in [3.8, 4) is 0 Å². The van der Waals surface area contributed by atoms with Gasteiger partial charge in [0.2, 0.25) is 0 Å². The average Bonchev–Trinajstić information content (AvgIpc) is 2.30. The first kappa shape index (κ1) is 10.9. The number of aliphatic carboxylic acids is 1. The molecule has 2 aliphatic heterocycles. The summed E-state index contributed by atoms with van der Waals surface area (Å²) in [4.78, 5) is 13.3. The topological polar surface area (TPSA) is 52.6 Å². The van der Waals surface area contributed by atoms with Gasteiger partial charge >= 0.3 is 5.97 Å². The van der Waals surface area contributed by atoms with Gasteiger partial charge in [0.1, 0.15) is 0 Å². The van der Waals surface area contributed by atoms with Gasteiger partial charge in [0, 0.05) is 12.6 Å². The molecule has 0 bridgehead atoms. The Kier molecular flexibility index (Phi) is 3.59. The zero-order chi connectivity index (χ0) is 10.7. The van der Waals surface area contributed by atoms with Crippen LogP contribution in [0.5, 0.6) is 0 Å². The molecule has 0 spiro atoms. The molecule has 0 amide bonds. The van der Waals surface area contributed by atoms with Crippen LogP contribution in [0.3, 0.4) is 0 Å². The molecule has 0 aromatic heterocycles. The van der Waals surface area contributed by atoms with E-state index in [4.69, 9.17) is 5.11 Å². The van der Waals surface area contributed by atoms with Gasteiger partial charge < -0.3 is 10.4 Å². The van der Waals surface area contributed by atoms with Crippen LogP contribution in [0.15, 0.2) is 0 Å². The van der Waals surface area contributed by atoms with Crippen LogP contribution in [0.2, 0.25) is 0 Å². The highest BCUT2D eigenvalue weighted by Crippen LogP contribution is 2.22. The largest absolute Gasteiger partial charge is 0.481 e. The van der Waals surface area contributed by atoms with Gasteiger partial charge in [-0.15, -0.1) is 0 Å². The molecular formula is C11H20N2O2. The van der Waals surface area contributed by atoms with Crippen molar-refractivity contribution in [2.45, 2.75) is 31.7 Å². The Morgan fingerprint density at radius 2 is 2.00 bits per heavy atom. The minimum absolute atomic E-state index is 0.131. The molecule has 2 rings (SSSR count). The SMILES string of the molecule is O=C(O)[C@H]1CCCN(C2CCNCC2)C1. The number of carbonyl (C=O) groups is 1. The summed E-state index contributed by atoms with van der Waals surface area (Å²) in [5, 5.41) is 12.4. The minimum atomic E-state index is -0.617. The fraction of sp³-hybridized carbons (Fsp3) is 0.909. The fourth-order valence-electron chi connectivity index (χ4n) is 2.71. The first-order valence-electron chi connectivity index (χ1n) is 5.95. The molecule has 2 saturated heterocycles. The third kappa shape index (κ3) is 2.69. The Labute approximate surface area is 90.6 Å². The molecule has 15 heavy (non-hydrogen) atoms. The predicted octanol–water partition coefficient (Wildman–Crippen LogP) is 0.535. The summed E-state index contributed by atoms with van der Waals surface area (Å²) in [6, 6.07) is 0.619. The molecule has 2 fully saturated rings. The Hall–Kier alpha value is -0.610. The van der Waals surface area contributed by atoms with Gasteiger partial charge in [-0.05, 0) is 45.3 Å². The van der Waals surface area contributed by atoms with Crippen LogP contribution in [0.1, 0.15) is 25.7 Å². The summed E-state index contributed by atoms with van der Waals surface area (Å²) >= 11 is 0. The van der Waals surface area contributed by atoms with E-state index in [-0.39, 0.29) is 5.92 Å². The standard InChI is InChI=1S/C11H20N2O2/c14-11(15)9-2-1-7-13(8-9)10-3-5-12-6-4-10/h9-10,12H,1-8H2,(H,14,15)/t9-/m0/s1. The van der Waals surface area contributed by atoms with Crippen LogP contribution in [-0.2, 0) is 4.79 Å². The van der Waals surface area contributed by atoms with Crippen LogP contribution < -0.4 is 5.32 Å². The number of carboxylic acid groups (broad SMARTS) is 1. The number of rotatable bonds is 2. The molecule has 2 heterocycles. The van der Waals surface area contributed by atoms with E-state index in [1.54, 1.807) is 0 Å². The van der Waals surface area contributed by atoms with E-state index >= 15 is 0 Å². The van der Waals surface area contributed by atoms with E-state index in [0.717, 1.165) is 39.0 Å². The van der Waals surface area contributed by atoms with E-state index < -0.39 is 5.97 Å². The second kappa shape index (κ2) is 4.94. The van der Waals surface area contributed by atoms with Gasteiger partial charge in [-0.2, -0.15) is 0 Å². The van der Waals surface area contributed by atoms with Crippen molar-refractivity contribution in [3.63, 3.8) is 0 Å². The summed E-state index contributed by atoms with van der Waals surface area (Å²) in [5.74, 6) is -0.748. The molecule has 0 saturated carbocycles. The van der Waals surface area contributed by atoms with Gasteiger partial charge in [-0.1, -0.05) is 0 Å². The summed E-state index contributed by atoms with van der Waals surface area (Å²) in [6.45, 7) is 4.02. The number of likely N-dealkylation sites (tertiary alicyclic amines) is 1. The highest BCUT2D eigenvalue weighted by Gasteiger charge is 2.29. The Balaban J connectivity index is 1.88. The van der Waals surface area contributed by atoms with E-state index in [1.165, 1.54) is 12.8 Å². The first-order chi connectivity index (χ1) is 7.27. The van der Waals surface area contributed by atoms with Crippen LogP contribution in [0.4, 0.5) is 0 Å². The molecule has 0 aliphatic carbocycles. The van der Waals surface area contributed by atoms with E-state index in [9.17, 15) is 4.79 Å². The maximum absolute atomic E-state index is 10.9. The first-order valence-corrected chi connectivity index (χ1v) is 5.95. The second-order valence-electron chi connectivity index (χ2n) is 4.65. The number of hydrogen-bond acceptors (Lipinski definition) is 3. The van der Waals surface area contributed by atoms with Crippen molar-refractivity contribution < 1.29 is 9.90 Å². The van der Waals surface area contributed by atoms with Crippen LogP contribution in [-0.4, -0.2) is 48.2 Å². The van der Waals surface area contributed by atoms with Crippen molar-refractivity contribution in [1.29, 1.82) is 0 Å². The van der Waals surface area contributed by atoms with Crippen LogP contribution >= 0.6 is 0 Å². The Morgan fingerprint density at radius 3 is 2.67 bits per heavy atom. The number of nitrogens with zero attached hydrogens (tertiary/aromatic N) is 1. The quantitative estimate of drug-likeness (QED) is 0.701. The average molecular weight is 212 g/mol. The summed E-state index contributed by atoms with van der Waals surface area (Å²) < 4.78 is 0. The number of carboxylic acids is 1. The van der Waals surface area contributed by atoms with E-state index in [2.05, 4.69) is 10.2 Å². The van der Waals surface area contributed by atoms with Crippen molar-refractivity contribution in [1.82, 2.24) is 10.2 Å². The van der Waals surface area contributed by atoms with Crippen molar-refractivity contribution in [3.05, 3.63) is 0 Å². The molecule has 2 N–H and O–H groups in total. The molecule has 1 atom stereocenters. The Morgan fingerprint density at radius 1 is 1.27 bits per heavy atom. The van der Waals surface area contributed by atoms with Gasteiger partial charge in [-0.3, -0.25) is 9.69 Å². The molecule has 86 valence electrons. The van der Waals surface area contributed by atoms with Crippen molar-refractivity contribution in [2.24, 2.45) is 5.92 Å². The van der Waals surface area contributed by atoms with Crippen molar-refractivity contribution >= 4 is 5.97 Å². The van der Waals surface area contributed by atoms with Crippen LogP contribution in [0.25, 0.3) is 0 Å². The lowest BCUT2D eigenvalue weighted by Crippen LogP contribution is -2.48. The zero-order valence-corrected chi connectivity index (χ0v) is 9.11. The maximum atomic E-state index is 10.9. The smallest absolute Gasteiger partial charge is 0.307 e. The lowest BCUT2D eigenvalue weighted by atomic mass is 9.94. The lowest BCUT2D eigenvalue weighted by molar-refractivity contribution is -0.144. The van der Waals surface area contributed by atoms with E-state index in [1.807, 2.05) is 0 Å². The molecule has 0 aromatic carbocycles. The molecule has 0 unspecified atom stereocenters. The monoisotopic (exact) mass is 212 g/mol. The van der Waals surface area contributed by atoms with Crippen LogP contribution in [0, 0.1) is 5.92 Å². The molecular weight excluding hydrogens is 192 g/mol. The maximum Gasteiger partial charge on any atom is 0.307 e. The third-order valence-corrected chi connectivity index (χ3v) is 3.63. The zero-order valence-electron chi connectivity index (χ0n) is 9.11. The molecule has 0 aromatic rings. The van der Waals surface area contributed by atoms with Gasteiger partial charge in [0.15, 0.2) is 0 Å². The van der Waals surface area contributed by atoms with E-state index in [0.29, 0.717) is 6.04 Å². The third-order valence-electron chi connectivity index (χ3n) is 3.63. The Bertz CT molecular complexity index is 227. The fourth-order valence-corrected chi connectivity index (χ4v) is 2.71. The second-order valence-corrected chi connectivity index (χ2v) is 4.65. The summed E-state index contributed by atoms with van der Waals surface area (Å²) in [5.41, 5.74) is 0. The lowest BCUT2D eigenvalue weighted by Gasteiger charge is -2.39. The van der Waals surface area contributed by atoms with Gasteiger partial charge in [-0.25, -0.2) is 0 Å². The highest BCUT2D eigenvalue weighted by molar-refractivity contribution is 5.70. The number of nitrogens with one attached hydrogen (secondary N) is 1. The number of hydrogen-bond donors (Lipinski definition) is 2. The molecule has 0 radical (unpaired) electrons. The molecule has 4 heteroatoms. The van der Waals surface area contributed by atoms with Crippen molar-refractivity contribution in [2.75, 3.05) is 26.2 Å². The summed E-state index contributed by atoms with van der Waals surface area (Å²) in [7, 11) is 0. The van der Waals surface area contributed by atoms with Gasteiger partial charge in [0.25, 0.3) is 0 Å². The number of piperidine rings is 2. The highest BCUT2D eigenvalue weighted by atomic mass is 16.4. The van der Waals surface area contributed by atoms with Gasteiger partial charge in [0.05, 0.1) is 5.92 Å². The summed E-state index contributed by atoms with van der Waals surface area (Å²) in [6.07, 6.45) is 4.25. The normalized spacial score (nSPS) is 30.3. The minimum Gasteiger partial charge on any atom is -0.481 e. The molecule has 4 nitrogen and oxygen atoms in total.